The average molecular weight is 297 g/mol. The molecule has 1 atom stereocenters. The average Bonchev–Trinajstić information content (AvgIpc) is 2.56. The molecule has 2 rings (SSSR count). The van der Waals surface area contributed by atoms with Crippen molar-refractivity contribution >= 4 is 34.5 Å². The molecule has 19 heavy (non-hydrogen) atoms. The van der Waals surface area contributed by atoms with Crippen LogP contribution in [-0.4, -0.2) is 48.4 Å². The molecule has 0 aromatic heterocycles. The van der Waals surface area contributed by atoms with Gasteiger partial charge in [0.25, 0.3) is 5.37 Å². The maximum absolute atomic E-state index is 10.3. The molecule has 1 aliphatic rings. The van der Waals surface area contributed by atoms with E-state index in [1.54, 1.807) is 30.5 Å². The Morgan fingerprint density at radius 3 is 2.42 bits per heavy atom. The van der Waals surface area contributed by atoms with Gasteiger partial charge in [-0.15, -0.1) is 0 Å². The highest BCUT2D eigenvalue weighted by molar-refractivity contribution is 8.23. The van der Waals surface area contributed by atoms with Gasteiger partial charge in [-0.05, 0) is 54.6 Å². The van der Waals surface area contributed by atoms with Crippen molar-refractivity contribution in [2.45, 2.75) is 24.8 Å². The number of aromatic hydroxyl groups is 1. The lowest BCUT2D eigenvalue weighted by Crippen LogP contribution is -2.47. The highest BCUT2D eigenvalue weighted by Crippen LogP contribution is 2.38. The molecule has 102 valence electrons. The van der Waals surface area contributed by atoms with Crippen LogP contribution < -0.4 is 0 Å². The van der Waals surface area contributed by atoms with Crippen LogP contribution in [0.15, 0.2) is 24.3 Å². The molecule has 4 nitrogen and oxygen atoms in total. The van der Waals surface area contributed by atoms with Gasteiger partial charge in [-0.2, -0.15) is 0 Å². The third-order valence-electron chi connectivity index (χ3n) is 3.37. The molecule has 0 aliphatic carbocycles. The van der Waals surface area contributed by atoms with E-state index >= 15 is 0 Å². The summed E-state index contributed by atoms with van der Waals surface area (Å²) in [6, 6.07) is 6.66. The second-order valence-corrected chi connectivity index (χ2v) is 6.76. The second-order valence-electron chi connectivity index (χ2n) is 5.05. The van der Waals surface area contributed by atoms with Crippen molar-refractivity contribution < 1.29 is 15.1 Å². The number of thiocarbonyl (C=S) groups is 1. The number of phenols is 1. The lowest BCUT2D eigenvalue weighted by Gasteiger charge is -2.28. The van der Waals surface area contributed by atoms with Gasteiger partial charge in [-0.25, -0.2) is 0 Å². The van der Waals surface area contributed by atoms with E-state index in [9.17, 15) is 10.3 Å². The predicted molar refractivity (Wildman–Crippen MR) is 81.1 cm³/mol. The largest absolute Gasteiger partial charge is 0.508 e. The fourth-order valence-corrected chi connectivity index (χ4v) is 3.59. The van der Waals surface area contributed by atoms with Crippen molar-refractivity contribution in [3.05, 3.63) is 29.8 Å². The quantitative estimate of drug-likeness (QED) is 0.288. The Bertz CT molecular complexity index is 526. The number of phenolic OH excluding ortho intramolecular Hbond substituents is 1. The van der Waals surface area contributed by atoms with Crippen molar-refractivity contribution in [3.63, 3.8) is 0 Å². The van der Waals surface area contributed by atoms with E-state index in [1.165, 1.54) is 16.5 Å². The highest BCUT2D eigenvalue weighted by Gasteiger charge is 2.51. The first-order chi connectivity index (χ1) is 8.82. The van der Waals surface area contributed by atoms with Crippen LogP contribution in [0.1, 0.15) is 19.4 Å². The van der Waals surface area contributed by atoms with Crippen LogP contribution in [0.25, 0.3) is 0 Å². The van der Waals surface area contributed by atoms with Crippen LogP contribution >= 0.6 is 24.0 Å². The molecular formula is C13H17N2O2S2+. The topological polar surface area (TPSA) is 46.7 Å². The molecule has 1 aliphatic heterocycles. The fraction of sp³-hybridized carbons (Fsp3) is 0.385. The zero-order valence-electron chi connectivity index (χ0n) is 11.1. The highest BCUT2D eigenvalue weighted by atomic mass is 32.2. The van der Waals surface area contributed by atoms with Gasteiger partial charge < -0.3 is 10.0 Å². The summed E-state index contributed by atoms with van der Waals surface area (Å²) in [6.07, 6.45) is 1.64. The zero-order chi connectivity index (χ0) is 14.2. The summed E-state index contributed by atoms with van der Waals surface area (Å²) in [5.74, 6) is 0.207. The molecule has 0 amide bonds. The molecule has 1 fully saturated rings. The van der Waals surface area contributed by atoms with Gasteiger partial charge in [0.05, 0.1) is 0 Å². The van der Waals surface area contributed by atoms with Crippen molar-refractivity contribution in [3.8, 4) is 5.75 Å². The van der Waals surface area contributed by atoms with E-state index in [0.29, 0.717) is 0 Å². The van der Waals surface area contributed by atoms with Crippen molar-refractivity contribution in [1.82, 2.24) is 4.90 Å². The molecule has 0 bridgehead atoms. The Labute approximate surface area is 122 Å². The lowest BCUT2D eigenvalue weighted by molar-refractivity contribution is -0.785. The maximum atomic E-state index is 10.3. The van der Waals surface area contributed by atoms with Crippen LogP contribution in [-0.2, 0) is 0 Å². The van der Waals surface area contributed by atoms with Crippen LogP contribution in [0.3, 0.4) is 0 Å². The molecule has 1 aromatic rings. The van der Waals surface area contributed by atoms with E-state index in [0.717, 1.165) is 9.88 Å². The van der Waals surface area contributed by atoms with Crippen LogP contribution in [0.2, 0.25) is 0 Å². The molecule has 0 saturated carbocycles. The monoisotopic (exact) mass is 297 g/mol. The van der Waals surface area contributed by atoms with Crippen molar-refractivity contribution in [1.29, 1.82) is 0 Å². The van der Waals surface area contributed by atoms with Gasteiger partial charge in [-0.3, -0.25) is 5.21 Å². The minimum absolute atomic E-state index is 0.168. The number of nitrogens with zero attached hydrogens (tertiary/aromatic N) is 2. The molecular weight excluding hydrogens is 280 g/mol. The summed E-state index contributed by atoms with van der Waals surface area (Å²) in [4.78, 5) is 1.99. The van der Waals surface area contributed by atoms with Crippen LogP contribution in [0, 0.1) is 0 Å². The molecule has 0 spiro atoms. The molecule has 0 radical (unpaired) electrons. The second kappa shape index (κ2) is 5.02. The summed E-state index contributed by atoms with van der Waals surface area (Å²) in [5.41, 5.74) is 0.557. The Morgan fingerprint density at radius 1 is 1.37 bits per heavy atom. The maximum Gasteiger partial charge on any atom is 0.276 e. The first-order valence-electron chi connectivity index (χ1n) is 5.88. The summed E-state index contributed by atoms with van der Waals surface area (Å²) in [6.45, 7) is 4.08. The molecule has 6 heteroatoms. The first-order valence-corrected chi connectivity index (χ1v) is 7.17. The number of hydroxylamine groups is 1. The van der Waals surface area contributed by atoms with Crippen molar-refractivity contribution in [2.24, 2.45) is 0 Å². The molecule has 1 aromatic carbocycles. The van der Waals surface area contributed by atoms with Gasteiger partial charge in [0.2, 0.25) is 6.21 Å². The van der Waals surface area contributed by atoms with E-state index in [-0.39, 0.29) is 16.7 Å². The van der Waals surface area contributed by atoms with E-state index < -0.39 is 0 Å². The van der Waals surface area contributed by atoms with E-state index in [1.807, 2.05) is 25.8 Å². The normalized spacial score (nSPS) is 22.9. The third kappa shape index (κ3) is 2.69. The van der Waals surface area contributed by atoms with E-state index in [4.69, 9.17) is 12.2 Å². The summed E-state index contributed by atoms with van der Waals surface area (Å²) < 4.78 is 1.96. The van der Waals surface area contributed by atoms with Crippen LogP contribution in [0.5, 0.6) is 5.75 Å². The van der Waals surface area contributed by atoms with Crippen molar-refractivity contribution in [2.75, 3.05) is 7.05 Å². The Morgan fingerprint density at radius 2 is 1.95 bits per heavy atom. The standard InChI is InChI=1S/C13H16N2O2S2/c1-13(2)11(19-12(18)14(13)3)15(17)8-9-4-6-10(16)7-5-9/h4-8,11,17H,1-3H3/p+1. The smallest absolute Gasteiger partial charge is 0.276 e. The number of likely N-dealkylation sites (N-methyl/N-ethyl adjacent to an activating group) is 1. The fourth-order valence-electron chi connectivity index (χ4n) is 1.88. The number of rotatable bonds is 2. The summed E-state index contributed by atoms with van der Waals surface area (Å²) in [5, 5.41) is 19.3. The Balaban J connectivity index is 2.27. The predicted octanol–water partition coefficient (Wildman–Crippen LogP) is 2.28. The lowest BCUT2D eigenvalue weighted by atomic mass is 10.0. The number of benzene rings is 1. The summed E-state index contributed by atoms with van der Waals surface area (Å²) in [7, 11) is 1.93. The van der Waals surface area contributed by atoms with Gasteiger partial charge >= 0.3 is 0 Å². The van der Waals surface area contributed by atoms with Gasteiger partial charge in [-0.1, -0.05) is 12.2 Å². The molecule has 2 N–H and O–H groups in total. The molecule has 1 unspecified atom stereocenters. The first kappa shape index (κ1) is 14.1. The van der Waals surface area contributed by atoms with Gasteiger partial charge in [0.15, 0.2) is 0 Å². The minimum Gasteiger partial charge on any atom is -0.508 e. The Kier molecular flexibility index (Phi) is 3.73. The molecule has 1 heterocycles. The number of hydrogen-bond donors (Lipinski definition) is 2. The SMILES string of the molecule is CN1C(=S)SC([N+](O)=Cc2ccc(O)cc2)C1(C)C. The van der Waals surface area contributed by atoms with E-state index in [2.05, 4.69) is 0 Å². The zero-order valence-corrected chi connectivity index (χ0v) is 12.7. The molecule has 1 saturated heterocycles. The number of thioether (sulfide) groups is 1. The number of hydrogen-bond acceptors (Lipinski definition) is 4. The van der Waals surface area contributed by atoms with Gasteiger partial charge in [0, 0.05) is 12.6 Å². The minimum atomic E-state index is -0.260. The summed E-state index contributed by atoms with van der Waals surface area (Å²) >= 11 is 6.74. The third-order valence-corrected chi connectivity index (χ3v) is 5.42. The van der Waals surface area contributed by atoms with Crippen LogP contribution in [0.4, 0.5) is 0 Å². The Hall–Kier alpha value is -1.27. The van der Waals surface area contributed by atoms with Gasteiger partial charge in [0.1, 0.15) is 15.6 Å².